The fraction of sp³-hybridized carbons (Fsp3) is 0.167. The highest BCUT2D eigenvalue weighted by Gasteiger charge is 2.29. The number of ether oxygens (including phenoxy) is 1. The van der Waals surface area contributed by atoms with Gasteiger partial charge < -0.3 is 14.7 Å². The summed E-state index contributed by atoms with van der Waals surface area (Å²) in [5.74, 6) is 0.643. The molecule has 0 amide bonds. The van der Waals surface area contributed by atoms with Crippen LogP contribution in [0.3, 0.4) is 0 Å². The molecule has 2 aromatic rings. The van der Waals surface area contributed by atoms with Crippen molar-refractivity contribution in [2.75, 3.05) is 19.0 Å². The monoisotopic (exact) mass is 295 g/mol. The van der Waals surface area contributed by atoms with Crippen molar-refractivity contribution < 1.29 is 14.6 Å². The molecule has 0 unspecified atom stereocenters. The maximum absolute atomic E-state index is 12.4. The number of carbonyl (C=O) groups is 1. The number of rotatable bonds is 2. The molecule has 0 radical (unpaired) electrons. The summed E-state index contributed by atoms with van der Waals surface area (Å²) >= 11 is 0. The number of ketones is 1. The van der Waals surface area contributed by atoms with Gasteiger partial charge in [0.05, 0.1) is 5.56 Å². The summed E-state index contributed by atoms with van der Waals surface area (Å²) < 4.78 is 5.60. The number of phenols is 1. The number of phenolic OH excluding ortho intramolecular Hbond substituents is 1. The summed E-state index contributed by atoms with van der Waals surface area (Å²) in [6, 6.07) is 10.9. The zero-order valence-electron chi connectivity index (χ0n) is 12.8. The molecular formula is C18H17NO3. The van der Waals surface area contributed by atoms with Gasteiger partial charge in [0.1, 0.15) is 11.5 Å². The van der Waals surface area contributed by atoms with E-state index in [4.69, 9.17) is 4.74 Å². The van der Waals surface area contributed by atoms with Gasteiger partial charge in [-0.1, -0.05) is 12.1 Å². The van der Waals surface area contributed by atoms with E-state index in [2.05, 4.69) is 0 Å². The number of aryl methyl sites for hydroxylation is 1. The van der Waals surface area contributed by atoms with Gasteiger partial charge in [0.15, 0.2) is 5.76 Å². The predicted octanol–water partition coefficient (Wildman–Crippen LogP) is 3.38. The van der Waals surface area contributed by atoms with E-state index < -0.39 is 0 Å². The van der Waals surface area contributed by atoms with Crippen molar-refractivity contribution in [1.82, 2.24) is 0 Å². The molecule has 0 bridgehead atoms. The Morgan fingerprint density at radius 2 is 1.82 bits per heavy atom. The SMILES string of the molecule is Cc1cc(O)cc2c1C(=O)/C(=C\c1ccc(N(C)C)cc1)O2. The van der Waals surface area contributed by atoms with Crippen LogP contribution in [0.25, 0.3) is 6.08 Å². The van der Waals surface area contributed by atoms with Crippen molar-refractivity contribution in [2.24, 2.45) is 0 Å². The minimum Gasteiger partial charge on any atom is -0.508 e. The number of nitrogens with zero attached hydrogens (tertiary/aromatic N) is 1. The molecule has 1 aliphatic heterocycles. The van der Waals surface area contributed by atoms with Crippen molar-refractivity contribution in [1.29, 1.82) is 0 Å². The normalized spacial score (nSPS) is 14.9. The molecule has 0 aromatic heterocycles. The van der Waals surface area contributed by atoms with Gasteiger partial charge in [-0.2, -0.15) is 0 Å². The van der Waals surface area contributed by atoms with E-state index in [-0.39, 0.29) is 17.3 Å². The van der Waals surface area contributed by atoms with E-state index in [0.717, 1.165) is 11.3 Å². The van der Waals surface area contributed by atoms with Crippen molar-refractivity contribution in [3.8, 4) is 11.5 Å². The molecule has 4 nitrogen and oxygen atoms in total. The molecule has 0 fully saturated rings. The first-order chi connectivity index (χ1) is 10.5. The molecule has 4 heteroatoms. The first-order valence-corrected chi connectivity index (χ1v) is 7.01. The summed E-state index contributed by atoms with van der Waals surface area (Å²) in [5.41, 5.74) is 3.22. The van der Waals surface area contributed by atoms with Crippen LogP contribution in [0.1, 0.15) is 21.5 Å². The Morgan fingerprint density at radius 3 is 2.45 bits per heavy atom. The number of hydrogen-bond donors (Lipinski definition) is 1. The lowest BCUT2D eigenvalue weighted by molar-refractivity contribution is 0.101. The van der Waals surface area contributed by atoms with Gasteiger partial charge in [0.25, 0.3) is 0 Å². The highest BCUT2D eigenvalue weighted by Crippen LogP contribution is 2.37. The Kier molecular flexibility index (Phi) is 3.37. The first-order valence-electron chi connectivity index (χ1n) is 7.01. The number of anilines is 1. The fourth-order valence-corrected chi connectivity index (χ4v) is 2.51. The van der Waals surface area contributed by atoms with Crippen molar-refractivity contribution in [3.05, 3.63) is 58.8 Å². The third-order valence-electron chi connectivity index (χ3n) is 3.66. The van der Waals surface area contributed by atoms with Crippen molar-refractivity contribution >= 4 is 17.5 Å². The van der Waals surface area contributed by atoms with E-state index >= 15 is 0 Å². The first kappa shape index (κ1) is 14.2. The topological polar surface area (TPSA) is 49.8 Å². The minimum absolute atomic E-state index is 0.0978. The number of hydrogen-bond acceptors (Lipinski definition) is 4. The lowest BCUT2D eigenvalue weighted by Crippen LogP contribution is -2.08. The van der Waals surface area contributed by atoms with Gasteiger partial charge in [-0.15, -0.1) is 0 Å². The van der Waals surface area contributed by atoms with Gasteiger partial charge in [0, 0.05) is 25.8 Å². The molecule has 1 aliphatic rings. The number of carbonyl (C=O) groups excluding carboxylic acids is 1. The number of benzene rings is 2. The molecule has 22 heavy (non-hydrogen) atoms. The second kappa shape index (κ2) is 5.22. The summed E-state index contributed by atoms with van der Waals surface area (Å²) in [4.78, 5) is 14.4. The molecule has 0 atom stereocenters. The third kappa shape index (κ3) is 2.44. The van der Waals surface area contributed by atoms with Crippen LogP contribution in [-0.2, 0) is 0 Å². The van der Waals surface area contributed by atoms with Crippen LogP contribution in [0.2, 0.25) is 0 Å². The minimum atomic E-state index is -0.149. The lowest BCUT2D eigenvalue weighted by Gasteiger charge is -2.11. The van der Waals surface area contributed by atoms with Crippen LogP contribution < -0.4 is 9.64 Å². The second-order valence-corrected chi connectivity index (χ2v) is 5.56. The Labute approximate surface area is 129 Å². The molecular weight excluding hydrogens is 278 g/mol. The Bertz CT molecular complexity index is 774. The van der Waals surface area contributed by atoms with Gasteiger partial charge in [-0.05, 0) is 42.3 Å². The van der Waals surface area contributed by atoms with E-state index in [1.165, 1.54) is 6.07 Å². The summed E-state index contributed by atoms with van der Waals surface area (Å²) in [6.45, 7) is 1.79. The Balaban J connectivity index is 1.94. The van der Waals surface area contributed by atoms with Gasteiger partial charge >= 0.3 is 0 Å². The lowest BCUT2D eigenvalue weighted by atomic mass is 10.0. The quantitative estimate of drug-likeness (QED) is 0.863. The van der Waals surface area contributed by atoms with Crippen LogP contribution in [0.4, 0.5) is 5.69 Å². The van der Waals surface area contributed by atoms with Crippen molar-refractivity contribution in [3.63, 3.8) is 0 Å². The van der Waals surface area contributed by atoms with Crippen LogP contribution in [0.15, 0.2) is 42.2 Å². The highest BCUT2D eigenvalue weighted by atomic mass is 16.5. The predicted molar refractivity (Wildman–Crippen MR) is 86.5 cm³/mol. The summed E-state index contributed by atoms with van der Waals surface area (Å²) in [6.07, 6.45) is 1.72. The fourth-order valence-electron chi connectivity index (χ4n) is 2.51. The van der Waals surface area contributed by atoms with E-state index in [1.807, 2.05) is 43.3 Å². The molecule has 1 heterocycles. The standard InChI is InChI=1S/C18H17NO3/c1-11-8-14(20)10-15-17(11)18(21)16(22-15)9-12-4-6-13(7-5-12)19(2)3/h4-10,20H,1-3H3/b16-9+. The Hall–Kier alpha value is -2.75. The highest BCUT2D eigenvalue weighted by molar-refractivity contribution is 6.15. The third-order valence-corrected chi connectivity index (χ3v) is 3.66. The Morgan fingerprint density at radius 1 is 1.14 bits per heavy atom. The maximum Gasteiger partial charge on any atom is 0.232 e. The number of fused-ring (bicyclic) bond motifs is 1. The van der Waals surface area contributed by atoms with Crippen molar-refractivity contribution in [2.45, 2.75) is 6.92 Å². The molecule has 0 spiro atoms. The van der Waals surface area contributed by atoms with Crippen LogP contribution >= 0.6 is 0 Å². The van der Waals surface area contributed by atoms with Gasteiger partial charge in [-0.3, -0.25) is 4.79 Å². The smallest absolute Gasteiger partial charge is 0.232 e. The molecule has 0 saturated heterocycles. The van der Waals surface area contributed by atoms with Gasteiger partial charge in [-0.25, -0.2) is 0 Å². The molecule has 3 rings (SSSR count). The largest absolute Gasteiger partial charge is 0.508 e. The van der Waals surface area contributed by atoms with E-state index in [9.17, 15) is 9.90 Å². The number of aromatic hydroxyl groups is 1. The zero-order valence-corrected chi connectivity index (χ0v) is 12.8. The zero-order chi connectivity index (χ0) is 15.9. The van der Waals surface area contributed by atoms with Crippen LogP contribution in [-0.4, -0.2) is 25.0 Å². The summed E-state index contributed by atoms with van der Waals surface area (Å²) in [5, 5.41) is 9.61. The number of allylic oxidation sites excluding steroid dienone is 1. The van der Waals surface area contributed by atoms with Crippen LogP contribution in [0, 0.1) is 6.92 Å². The average Bonchev–Trinajstić information content (AvgIpc) is 2.75. The van der Waals surface area contributed by atoms with Gasteiger partial charge in [0.2, 0.25) is 5.78 Å². The maximum atomic E-state index is 12.4. The van der Waals surface area contributed by atoms with E-state index in [1.54, 1.807) is 19.1 Å². The van der Waals surface area contributed by atoms with E-state index in [0.29, 0.717) is 16.9 Å². The molecule has 1 N–H and O–H groups in total. The summed E-state index contributed by atoms with van der Waals surface area (Å²) in [7, 11) is 3.95. The molecule has 2 aromatic carbocycles. The second-order valence-electron chi connectivity index (χ2n) is 5.56. The molecule has 112 valence electrons. The van der Waals surface area contributed by atoms with Crippen LogP contribution in [0.5, 0.6) is 11.5 Å². The average molecular weight is 295 g/mol. The number of Topliss-reactive ketones (excluding diaryl/α,β-unsaturated/α-hetero) is 1. The molecule has 0 aliphatic carbocycles. The molecule has 0 saturated carbocycles.